The molecule has 0 aromatic carbocycles. The Morgan fingerprint density at radius 2 is 2.19 bits per heavy atom. The number of furan rings is 1. The van der Waals surface area contributed by atoms with Gasteiger partial charge in [-0.25, -0.2) is 4.98 Å². The summed E-state index contributed by atoms with van der Waals surface area (Å²) < 4.78 is 10.8. The molecule has 0 radical (unpaired) electrons. The van der Waals surface area contributed by atoms with Gasteiger partial charge < -0.3 is 14.5 Å². The Bertz CT molecular complexity index is 794. The lowest BCUT2D eigenvalue weighted by Gasteiger charge is -2.20. The van der Waals surface area contributed by atoms with Gasteiger partial charge in [-0.3, -0.25) is 14.5 Å². The van der Waals surface area contributed by atoms with E-state index in [0.717, 1.165) is 18.2 Å². The van der Waals surface area contributed by atoms with Crippen molar-refractivity contribution in [1.29, 1.82) is 0 Å². The minimum atomic E-state index is -0.109. The second kappa shape index (κ2) is 8.55. The molecule has 1 N–H and O–H groups in total. The van der Waals surface area contributed by atoms with Crippen LogP contribution in [0, 0.1) is 5.92 Å². The van der Waals surface area contributed by atoms with E-state index in [4.69, 9.17) is 9.15 Å². The Morgan fingerprint density at radius 3 is 2.89 bits per heavy atom. The Hall–Kier alpha value is -1.68. The van der Waals surface area contributed by atoms with Gasteiger partial charge in [-0.2, -0.15) is 0 Å². The molecule has 7 nitrogen and oxygen atoms in total. The molecule has 2 aromatic rings. The molecule has 0 spiro atoms. The van der Waals surface area contributed by atoms with Gasteiger partial charge in [-0.15, -0.1) is 11.8 Å². The van der Waals surface area contributed by atoms with Crippen molar-refractivity contribution in [2.45, 2.75) is 12.8 Å². The fourth-order valence-electron chi connectivity index (χ4n) is 3.20. The summed E-state index contributed by atoms with van der Waals surface area (Å²) >= 11 is 3.05. The summed E-state index contributed by atoms with van der Waals surface area (Å²) in [6.45, 7) is 2.46. The summed E-state index contributed by atoms with van der Waals surface area (Å²) in [6, 6.07) is 3.55. The number of carbonyl (C=O) groups excluding carboxylic acids is 2. The molecule has 1 amide bonds. The van der Waals surface area contributed by atoms with E-state index in [9.17, 15) is 9.59 Å². The molecule has 2 aliphatic rings. The molecule has 27 heavy (non-hydrogen) atoms. The van der Waals surface area contributed by atoms with Gasteiger partial charge in [0.1, 0.15) is 10.6 Å². The van der Waals surface area contributed by atoms with Crippen molar-refractivity contribution in [3.63, 3.8) is 0 Å². The summed E-state index contributed by atoms with van der Waals surface area (Å²) in [6.07, 6.45) is 2.98. The van der Waals surface area contributed by atoms with Gasteiger partial charge in [0, 0.05) is 37.3 Å². The number of Topliss-reactive ketones (excluding diaryl/α,β-unsaturated/α-hetero) is 1. The van der Waals surface area contributed by atoms with Crippen LogP contribution < -0.4 is 5.32 Å². The molecule has 0 bridgehead atoms. The second-order valence-corrected chi connectivity index (χ2v) is 8.64. The third kappa shape index (κ3) is 4.43. The molecule has 9 heteroatoms. The monoisotopic (exact) mass is 407 g/mol. The van der Waals surface area contributed by atoms with Crippen LogP contribution in [0.3, 0.4) is 0 Å². The Kier molecular flexibility index (Phi) is 5.92. The summed E-state index contributed by atoms with van der Waals surface area (Å²) in [4.78, 5) is 32.5. The number of thioether (sulfide) groups is 1. The van der Waals surface area contributed by atoms with E-state index >= 15 is 0 Å². The maximum atomic E-state index is 13.0. The van der Waals surface area contributed by atoms with E-state index in [1.165, 1.54) is 11.3 Å². The lowest BCUT2D eigenvalue weighted by Crippen LogP contribution is -2.30. The maximum absolute atomic E-state index is 13.0. The molecule has 2 aliphatic heterocycles. The van der Waals surface area contributed by atoms with Crippen LogP contribution >= 0.6 is 23.1 Å². The predicted octanol–water partition coefficient (Wildman–Crippen LogP) is 2.96. The summed E-state index contributed by atoms with van der Waals surface area (Å²) in [5.74, 6) is 2.34. The number of ketones is 1. The molecule has 4 heterocycles. The van der Waals surface area contributed by atoms with Crippen LogP contribution in [0.15, 0.2) is 22.8 Å². The van der Waals surface area contributed by atoms with Gasteiger partial charge in [-0.1, -0.05) is 11.3 Å². The van der Waals surface area contributed by atoms with Gasteiger partial charge in [0.2, 0.25) is 5.91 Å². The molecular formula is C18H21N3O4S2. The fraction of sp³-hybridized carbons (Fsp3) is 0.500. The smallest absolute Gasteiger partial charge is 0.240 e. The highest BCUT2D eigenvalue weighted by Crippen LogP contribution is 2.35. The van der Waals surface area contributed by atoms with Crippen molar-refractivity contribution < 1.29 is 18.7 Å². The number of amides is 1. The number of anilines is 1. The van der Waals surface area contributed by atoms with E-state index in [1.54, 1.807) is 18.4 Å². The average molecular weight is 408 g/mol. The van der Waals surface area contributed by atoms with Gasteiger partial charge >= 0.3 is 0 Å². The van der Waals surface area contributed by atoms with Crippen molar-refractivity contribution in [2.75, 3.05) is 43.2 Å². The van der Waals surface area contributed by atoms with E-state index in [0.29, 0.717) is 54.1 Å². The number of ether oxygens (including phenoxy) is 1. The van der Waals surface area contributed by atoms with Crippen LogP contribution in [0.1, 0.15) is 22.5 Å². The Balaban J connectivity index is 1.54. The minimum absolute atomic E-state index is 0.0543. The molecule has 0 saturated carbocycles. The van der Waals surface area contributed by atoms with Crippen molar-refractivity contribution in [3.8, 4) is 11.5 Å². The highest BCUT2D eigenvalue weighted by atomic mass is 32.2. The van der Waals surface area contributed by atoms with Gasteiger partial charge in [0.25, 0.3) is 0 Å². The number of nitrogens with one attached hydrogen (secondary N) is 1. The molecule has 4 rings (SSSR count). The van der Waals surface area contributed by atoms with Gasteiger partial charge in [0.15, 0.2) is 16.7 Å². The van der Waals surface area contributed by atoms with Crippen LogP contribution in [0.5, 0.6) is 0 Å². The number of rotatable bonds is 6. The normalized spacial score (nSPS) is 18.7. The third-order valence-corrected chi connectivity index (χ3v) is 6.64. The first kappa shape index (κ1) is 18.7. The lowest BCUT2D eigenvalue weighted by atomic mass is 9.94. The zero-order valence-electron chi connectivity index (χ0n) is 14.8. The zero-order valence-corrected chi connectivity index (χ0v) is 16.4. The predicted molar refractivity (Wildman–Crippen MR) is 105 cm³/mol. The van der Waals surface area contributed by atoms with Crippen LogP contribution in [-0.4, -0.2) is 59.5 Å². The number of aromatic nitrogens is 1. The molecule has 2 aromatic heterocycles. The largest absolute Gasteiger partial charge is 0.463 e. The number of thiazole rings is 1. The van der Waals surface area contributed by atoms with Crippen molar-refractivity contribution in [3.05, 3.63) is 23.3 Å². The first-order chi connectivity index (χ1) is 13.2. The highest BCUT2D eigenvalue weighted by molar-refractivity contribution is 7.99. The second-order valence-electron chi connectivity index (χ2n) is 6.56. The maximum Gasteiger partial charge on any atom is 0.240 e. The van der Waals surface area contributed by atoms with E-state index < -0.39 is 0 Å². The summed E-state index contributed by atoms with van der Waals surface area (Å²) in [7, 11) is 0. The number of carbonyl (C=O) groups is 2. The summed E-state index contributed by atoms with van der Waals surface area (Å²) in [5, 5.41) is 3.29. The quantitative estimate of drug-likeness (QED) is 0.737. The Morgan fingerprint density at radius 1 is 1.33 bits per heavy atom. The minimum Gasteiger partial charge on any atom is -0.463 e. The Labute approximate surface area is 165 Å². The van der Waals surface area contributed by atoms with E-state index in [-0.39, 0.29) is 17.6 Å². The van der Waals surface area contributed by atoms with Crippen LogP contribution in [0.2, 0.25) is 0 Å². The number of hydrogen-bond acceptors (Lipinski definition) is 8. The standard InChI is InChI=1S/C18H21N3O4S2/c22-14(10-21-5-9-26-11-21)19-18-20-15(13-2-1-6-25-13)17(27-18)16(23)12-3-7-24-8-4-12/h1-2,6,12H,3-5,7-11H2,(H,19,20,22). The van der Waals surface area contributed by atoms with Gasteiger partial charge in [-0.05, 0) is 25.0 Å². The average Bonchev–Trinajstić information content (AvgIpc) is 3.43. The number of nitrogens with zero attached hydrogens (tertiary/aromatic N) is 2. The molecule has 0 unspecified atom stereocenters. The lowest BCUT2D eigenvalue weighted by molar-refractivity contribution is -0.117. The SMILES string of the molecule is O=C(CN1CCSC1)Nc1nc(-c2ccco2)c(C(=O)C2CCOCC2)s1. The summed E-state index contributed by atoms with van der Waals surface area (Å²) in [5.41, 5.74) is 0.508. The van der Waals surface area contributed by atoms with Crippen LogP contribution in [0.25, 0.3) is 11.5 Å². The van der Waals surface area contributed by atoms with Crippen LogP contribution in [0.4, 0.5) is 5.13 Å². The molecule has 144 valence electrons. The molecule has 0 aliphatic carbocycles. The van der Waals surface area contributed by atoms with Gasteiger partial charge in [0.05, 0.1) is 12.8 Å². The first-order valence-corrected chi connectivity index (χ1v) is 10.9. The molecule has 2 saturated heterocycles. The van der Waals surface area contributed by atoms with Crippen molar-refractivity contribution in [1.82, 2.24) is 9.88 Å². The first-order valence-electron chi connectivity index (χ1n) is 8.97. The fourth-order valence-corrected chi connectivity index (χ4v) is 5.20. The van der Waals surface area contributed by atoms with E-state index in [2.05, 4.69) is 15.2 Å². The van der Waals surface area contributed by atoms with Crippen LogP contribution in [-0.2, 0) is 9.53 Å². The van der Waals surface area contributed by atoms with E-state index in [1.807, 2.05) is 11.8 Å². The molecule has 2 fully saturated rings. The topological polar surface area (TPSA) is 84.7 Å². The molecular weight excluding hydrogens is 386 g/mol. The number of hydrogen-bond donors (Lipinski definition) is 1. The zero-order chi connectivity index (χ0) is 18.6. The van der Waals surface area contributed by atoms with Crippen molar-refractivity contribution >= 4 is 39.9 Å². The molecule has 0 atom stereocenters. The van der Waals surface area contributed by atoms with Crippen molar-refractivity contribution in [2.24, 2.45) is 5.92 Å². The third-order valence-electron chi connectivity index (χ3n) is 4.64. The highest BCUT2D eigenvalue weighted by Gasteiger charge is 2.29.